The molecule has 92 valence electrons. The molecule has 4 aliphatic rings. The van der Waals surface area contributed by atoms with Gasteiger partial charge < -0.3 is 5.73 Å². The molecule has 0 heterocycles. The Hall–Kier alpha value is -0.0400. The molecule has 0 aliphatic heterocycles. The van der Waals surface area contributed by atoms with Crippen LogP contribution in [0.4, 0.5) is 0 Å². The fourth-order valence-corrected chi connectivity index (χ4v) is 5.71. The molecule has 0 saturated heterocycles. The average molecular weight is 221 g/mol. The molecule has 0 radical (unpaired) electrons. The van der Waals surface area contributed by atoms with Crippen molar-refractivity contribution in [3.05, 3.63) is 0 Å². The second kappa shape index (κ2) is 3.73. The van der Waals surface area contributed by atoms with Crippen molar-refractivity contribution in [2.75, 3.05) is 0 Å². The number of hydrogen-bond donors (Lipinski definition) is 1. The van der Waals surface area contributed by atoms with E-state index < -0.39 is 0 Å². The van der Waals surface area contributed by atoms with Crippen LogP contribution in [0.15, 0.2) is 0 Å². The van der Waals surface area contributed by atoms with Crippen LogP contribution >= 0.6 is 0 Å². The average Bonchev–Trinajstić information content (AvgIpc) is 2.14. The van der Waals surface area contributed by atoms with Crippen LogP contribution in [0.5, 0.6) is 0 Å². The van der Waals surface area contributed by atoms with Crippen LogP contribution in [0.1, 0.15) is 58.8 Å². The summed E-state index contributed by atoms with van der Waals surface area (Å²) in [4.78, 5) is 0. The van der Waals surface area contributed by atoms with Gasteiger partial charge >= 0.3 is 0 Å². The third-order valence-electron chi connectivity index (χ3n) is 5.78. The number of nitrogens with two attached hydrogens (primary N) is 1. The lowest BCUT2D eigenvalue weighted by Crippen LogP contribution is -2.57. The minimum absolute atomic E-state index is 0.122. The highest BCUT2D eigenvalue weighted by atomic mass is 14.8. The molecule has 1 heteroatoms. The Labute approximate surface area is 100 Å². The molecular weight excluding hydrogens is 194 g/mol. The minimum Gasteiger partial charge on any atom is -0.325 e. The first-order chi connectivity index (χ1) is 7.60. The lowest BCUT2D eigenvalue weighted by Gasteiger charge is -2.58. The van der Waals surface area contributed by atoms with Crippen LogP contribution in [-0.4, -0.2) is 5.54 Å². The molecule has 1 atom stereocenters. The van der Waals surface area contributed by atoms with Gasteiger partial charge in [-0.15, -0.1) is 0 Å². The smallest absolute Gasteiger partial charge is 0.0159 e. The molecule has 4 rings (SSSR count). The molecule has 4 bridgehead atoms. The van der Waals surface area contributed by atoms with E-state index in [0.717, 1.165) is 29.6 Å². The van der Waals surface area contributed by atoms with Crippen LogP contribution < -0.4 is 5.73 Å². The van der Waals surface area contributed by atoms with Gasteiger partial charge in [0.25, 0.3) is 0 Å². The van der Waals surface area contributed by atoms with Crippen molar-refractivity contribution >= 4 is 0 Å². The molecule has 4 aliphatic carbocycles. The summed E-state index contributed by atoms with van der Waals surface area (Å²) in [5.74, 6) is 4.98. The van der Waals surface area contributed by atoms with Crippen LogP contribution in [-0.2, 0) is 0 Å². The summed E-state index contributed by atoms with van der Waals surface area (Å²) in [6.07, 6.45) is 10.1. The van der Waals surface area contributed by atoms with Crippen molar-refractivity contribution in [1.82, 2.24) is 0 Å². The normalized spacial score (nSPS) is 49.3. The molecule has 1 unspecified atom stereocenters. The predicted molar refractivity (Wildman–Crippen MR) is 68.0 cm³/mol. The molecule has 0 spiro atoms. The first-order valence-corrected chi connectivity index (χ1v) is 7.39. The Morgan fingerprint density at radius 2 is 1.50 bits per heavy atom. The summed E-state index contributed by atoms with van der Waals surface area (Å²) < 4.78 is 0. The highest BCUT2D eigenvalue weighted by molar-refractivity contribution is 5.05. The monoisotopic (exact) mass is 221 g/mol. The van der Waals surface area contributed by atoms with Crippen LogP contribution in [0.2, 0.25) is 0 Å². The third kappa shape index (κ3) is 1.63. The molecule has 0 aromatic rings. The van der Waals surface area contributed by atoms with Gasteiger partial charge in [0.15, 0.2) is 0 Å². The van der Waals surface area contributed by atoms with E-state index in [1.807, 2.05) is 0 Å². The summed E-state index contributed by atoms with van der Waals surface area (Å²) in [7, 11) is 0. The fraction of sp³-hybridized carbons (Fsp3) is 1.00. The van der Waals surface area contributed by atoms with Gasteiger partial charge in [-0.05, 0) is 75.0 Å². The number of hydrogen-bond acceptors (Lipinski definition) is 1. The van der Waals surface area contributed by atoms with Crippen molar-refractivity contribution in [2.24, 2.45) is 35.3 Å². The molecule has 4 saturated carbocycles. The third-order valence-corrected chi connectivity index (χ3v) is 5.78. The van der Waals surface area contributed by atoms with E-state index in [9.17, 15) is 0 Å². The Kier molecular flexibility index (Phi) is 2.58. The van der Waals surface area contributed by atoms with E-state index in [2.05, 4.69) is 13.8 Å². The van der Waals surface area contributed by atoms with E-state index in [4.69, 9.17) is 5.73 Å². The van der Waals surface area contributed by atoms with Gasteiger partial charge in [-0.25, -0.2) is 0 Å². The zero-order valence-electron chi connectivity index (χ0n) is 10.9. The molecular formula is C15H27N. The molecule has 16 heavy (non-hydrogen) atoms. The van der Waals surface area contributed by atoms with Crippen LogP contribution in [0.3, 0.4) is 0 Å². The molecule has 0 amide bonds. The van der Waals surface area contributed by atoms with E-state index in [-0.39, 0.29) is 5.54 Å². The molecule has 0 aromatic heterocycles. The minimum atomic E-state index is 0.122. The maximum Gasteiger partial charge on any atom is 0.0159 e. The highest BCUT2D eigenvalue weighted by Crippen LogP contribution is 2.59. The van der Waals surface area contributed by atoms with Crippen molar-refractivity contribution in [1.29, 1.82) is 0 Å². The Bertz CT molecular complexity index is 241. The van der Waals surface area contributed by atoms with Crippen molar-refractivity contribution in [2.45, 2.75) is 64.3 Å². The van der Waals surface area contributed by atoms with Gasteiger partial charge in [0.05, 0.1) is 0 Å². The Morgan fingerprint density at radius 3 is 1.94 bits per heavy atom. The second-order valence-corrected chi connectivity index (χ2v) is 7.21. The Balaban J connectivity index is 1.81. The van der Waals surface area contributed by atoms with E-state index >= 15 is 0 Å². The van der Waals surface area contributed by atoms with Crippen LogP contribution in [0, 0.1) is 29.6 Å². The summed E-state index contributed by atoms with van der Waals surface area (Å²) in [5, 5.41) is 0. The standard InChI is InChI=1S/C15H27N/c1-3-4-15(2,16)14-12-6-10-5-11(8-12)9-13(14)7-10/h10-14H,3-9,16H2,1-2H3. The molecule has 0 aromatic carbocycles. The van der Waals surface area contributed by atoms with Gasteiger partial charge in [0.2, 0.25) is 0 Å². The van der Waals surface area contributed by atoms with Gasteiger partial charge in [-0.2, -0.15) is 0 Å². The predicted octanol–water partition coefficient (Wildman–Crippen LogP) is 3.58. The summed E-state index contributed by atoms with van der Waals surface area (Å²) >= 11 is 0. The maximum absolute atomic E-state index is 6.65. The van der Waals surface area contributed by atoms with E-state index in [1.54, 1.807) is 6.42 Å². The van der Waals surface area contributed by atoms with Gasteiger partial charge in [0, 0.05) is 5.54 Å². The van der Waals surface area contributed by atoms with Gasteiger partial charge in [0.1, 0.15) is 0 Å². The van der Waals surface area contributed by atoms with Crippen LogP contribution in [0.25, 0.3) is 0 Å². The zero-order chi connectivity index (χ0) is 11.3. The van der Waals surface area contributed by atoms with Gasteiger partial charge in [-0.1, -0.05) is 13.3 Å². The first kappa shape index (κ1) is 11.1. The molecule has 4 fully saturated rings. The largest absolute Gasteiger partial charge is 0.325 e. The molecule has 1 nitrogen and oxygen atoms in total. The summed E-state index contributed by atoms with van der Waals surface area (Å²) in [5.41, 5.74) is 6.77. The first-order valence-electron chi connectivity index (χ1n) is 7.39. The second-order valence-electron chi connectivity index (χ2n) is 7.21. The summed E-state index contributed by atoms with van der Waals surface area (Å²) in [6, 6.07) is 0. The SMILES string of the molecule is CCCC(C)(N)C1C2CC3CC(C2)CC1C3. The molecule has 2 N–H and O–H groups in total. The quantitative estimate of drug-likeness (QED) is 0.774. The van der Waals surface area contributed by atoms with E-state index in [0.29, 0.717) is 0 Å². The topological polar surface area (TPSA) is 26.0 Å². The maximum atomic E-state index is 6.65. The lowest BCUT2D eigenvalue weighted by molar-refractivity contribution is -0.0677. The van der Waals surface area contributed by atoms with Crippen molar-refractivity contribution < 1.29 is 0 Å². The lowest BCUT2D eigenvalue weighted by atomic mass is 9.48. The fourth-order valence-electron chi connectivity index (χ4n) is 5.71. The van der Waals surface area contributed by atoms with Crippen molar-refractivity contribution in [3.63, 3.8) is 0 Å². The number of rotatable bonds is 3. The van der Waals surface area contributed by atoms with E-state index in [1.165, 1.54) is 38.5 Å². The van der Waals surface area contributed by atoms with Crippen molar-refractivity contribution in [3.8, 4) is 0 Å². The summed E-state index contributed by atoms with van der Waals surface area (Å²) in [6.45, 7) is 4.62. The van der Waals surface area contributed by atoms with Gasteiger partial charge in [-0.3, -0.25) is 0 Å². The highest BCUT2D eigenvalue weighted by Gasteiger charge is 2.52. The Morgan fingerprint density at radius 1 is 1.00 bits per heavy atom. The zero-order valence-corrected chi connectivity index (χ0v) is 10.9.